The van der Waals surface area contributed by atoms with E-state index in [0.717, 1.165) is 40.7 Å². The Morgan fingerprint density at radius 2 is 1.02 bits per heavy atom. The largest absolute Gasteiger partial charge is 0.311 e. The lowest BCUT2D eigenvalue weighted by Gasteiger charge is -2.43. The lowest BCUT2D eigenvalue weighted by Crippen LogP contribution is -2.34. The summed E-state index contributed by atoms with van der Waals surface area (Å²) < 4.78 is 0. The average molecular weight is 768 g/mol. The zero-order valence-electron chi connectivity index (χ0n) is 35.2. The van der Waals surface area contributed by atoms with Gasteiger partial charge in [-0.2, -0.15) is 0 Å². The maximum atomic E-state index is 2.50. The van der Waals surface area contributed by atoms with Crippen molar-refractivity contribution in [2.24, 2.45) is 17.3 Å². The molecule has 1 heteroatoms. The maximum Gasteiger partial charge on any atom is 0.0462 e. The lowest BCUT2D eigenvalue weighted by atomic mass is 9.60. The summed E-state index contributed by atoms with van der Waals surface area (Å²) in [6, 6.07) is 51.6. The summed E-state index contributed by atoms with van der Waals surface area (Å²) in [6.45, 7) is 9.66. The first-order valence-corrected chi connectivity index (χ1v) is 22.4. The topological polar surface area (TPSA) is 3.24 Å². The van der Waals surface area contributed by atoms with Crippen LogP contribution in [-0.2, 0) is 0 Å². The van der Waals surface area contributed by atoms with Gasteiger partial charge < -0.3 is 4.90 Å². The fourth-order valence-corrected chi connectivity index (χ4v) is 12.1. The van der Waals surface area contributed by atoms with Crippen molar-refractivity contribution in [1.82, 2.24) is 0 Å². The van der Waals surface area contributed by atoms with Gasteiger partial charge in [0, 0.05) is 17.1 Å². The van der Waals surface area contributed by atoms with Gasteiger partial charge in [0.25, 0.3) is 0 Å². The second-order valence-corrected chi connectivity index (χ2v) is 18.0. The Kier molecular flexibility index (Phi) is 9.88. The molecule has 0 aromatic heterocycles. The Labute approximate surface area is 352 Å². The molecule has 1 spiro atoms. The van der Waals surface area contributed by atoms with Crippen molar-refractivity contribution in [2.45, 2.75) is 83.5 Å². The minimum absolute atomic E-state index is 0.556. The SMILES string of the molecule is CCCC1CC(CC)c2cccc(/C=C/c3ccc(N(c4ccc(/C=C/c5ccccc5)cc4)c4ccc(/C=C/c5cccc6c5C5C(C)C57C(C)CC67)cc4)cc3)c21. The van der Waals surface area contributed by atoms with Crippen molar-refractivity contribution in [3.05, 3.63) is 195 Å². The minimum atomic E-state index is 0.556. The van der Waals surface area contributed by atoms with E-state index >= 15 is 0 Å². The van der Waals surface area contributed by atoms with Crippen LogP contribution in [0.5, 0.6) is 0 Å². The molecule has 0 amide bonds. The Morgan fingerprint density at radius 1 is 0.508 bits per heavy atom. The molecule has 1 nitrogen and oxygen atoms in total. The van der Waals surface area contributed by atoms with Crippen molar-refractivity contribution in [3.8, 4) is 0 Å². The summed E-state index contributed by atoms with van der Waals surface area (Å²) in [5.74, 6) is 4.56. The highest BCUT2D eigenvalue weighted by atomic mass is 15.1. The fraction of sp³-hybridized carbons (Fsp3) is 0.276. The van der Waals surface area contributed by atoms with Crippen molar-refractivity contribution < 1.29 is 0 Å². The zero-order valence-corrected chi connectivity index (χ0v) is 35.2. The summed E-state index contributed by atoms with van der Waals surface area (Å²) >= 11 is 0. The highest BCUT2D eigenvalue weighted by Crippen LogP contribution is 2.86. The van der Waals surface area contributed by atoms with Crippen molar-refractivity contribution in [2.75, 3.05) is 4.90 Å². The second-order valence-electron chi connectivity index (χ2n) is 18.0. The van der Waals surface area contributed by atoms with Crippen LogP contribution in [0.4, 0.5) is 17.1 Å². The Bertz CT molecular complexity index is 2540. The highest BCUT2D eigenvalue weighted by Gasteiger charge is 2.77. The molecular weight excluding hydrogens is 711 g/mol. The van der Waals surface area contributed by atoms with Crippen molar-refractivity contribution >= 4 is 53.5 Å². The first-order chi connectivity index (χ1) is 29.0. The molecule has 0 radical (unpaired) electrons. The molecule has 2 fully saturated rings. The van der Waals surface area contributed by atoms with Gasteiger partial charge in [0.05, 0.1) is 0 Å². The van der Waals surface area contributed by atoms with Gasteiger partial charge in [-0.1, -0.05) is 174 Å². The zero-order chi connectivity index (χ0) is 40.1. The van der Waals surface area contributed by atoms with Crippen LogP contribution >= 0.6 is 0 Å². The van der Waals surface area contributed by atoms with Gasteiger partial charge in [0.15, 0.2) is 0 Å². The van der Waals surface area contributed by atoms with Crippen LogP contribution < -0.4 is 4.90 Å². The number of anilines is 3. The molecule has 59 heavy (non-hydrogen) atoms. The molecule has 6 aromatic carbocycles. The van der Waals surface area contributed by atoms with Gasteiger partial charge in [0.1, 0.15) is 0 Å². The molecular formula is C58H57N. The van der Waals surface area contributed by atoms with E-state index in [-0.39, 0.29) is 0 Å². The number of rotatable bonds is 12. The van der Waals surface area contributed by atoms with E-state index in [1.54, 1.807) is 22.3 Å². The monoisotopic (exact) mass is 767 g/mol. The first kappa shape index (κ1) is 37.6. The summed E-state index contributed by atoms with van der Waals surface area (Å²) in [6.07, 6.45) is 20.1. The van der Waals surface area contributed by atoms with E-state index in [0.29, 0.717) is 17.3 Å². The summed E-state index contributed by atoms with van der Waals surface area (Å²) in [7, 11) is 0. The predicted molar refractivity (Wildman–Crippen MR) is 253 cm³/mol. The summed E-state index contributed by atoms with van der Waals surface area (Å²) in [4.78, 5) is 2.38. The quantitative estimate of drug-likeness (QED) is 0.112. The number of fused-ring (bicyclic) bond motifs is 4. The van der Waals surface area contributed by atoms with Gasteiger partial charge in [-0.15, -0.1) is 0 Å². The first-order valence-electron chi connectivity index (χ1n) is 22.4. The normalized spacial score (nSPS) is 24.9. The molecule has 0 bridgehead atoms. The number of hydrogen-bond acceptors (Lipinski definition) is 1. The van der Waals surface area contributed by atoms with Crippen molar-refractivity contribution in [1.29, 1.82) is 0 Å². The van der Waals surface area contributed by atoms with E-state index < -0.39 is 0 Å². The third-order valence-electron chi connectivity index (χ3n) is 15.0. The second kappa shape index (κ2) is 15.5. The van der Waals surface area contributed by atoms with Gasteiger partial charge >= 0.3 is 0 Å². The van der Waals surface area contributed by atoms with Crippen molar-refractivity contribution in [3.63, 3.8) is 0 Å². The van der Waals surface area contributed by atoms with Crippen LogP contribution in [0.1, 0.15) is 139 Å². The summed E-state index contributed by atoms with van der Waals surface area (Å²) in [5, 5.41) is 0. The smallest absolute Gasteiger partial charge is 0.0462 e. The molecule has 0 heterocycles. The molecule has 7 unspecified atom stereocenters. The van der Waals surface area contributed by atoms with E-state index in [4.69, 9.17) is 0 Å². The highest BCUT2D eigenvalue weighted by molar-refractivity contribution is 5.81. The van der Waals surface area contributed by atoms with Gasteiger partial charge in [0.2, 0.25) is 0 Å². The minimum Gasteiger partial charge on any atom is -0.311 e. The van der Waals surface area contributed by atoms with Gasteiger partial charge in [-0.25, -0.2) is 0 Å². The molecule has 2 saturated carbocycles. The molecule has 0 aliphatic heterocycles. The number of nitrogens with zero attached hydrogens (tertiary/aromatic N) is 1. The molecule has 0 N–H and O–H groups in total. The Morgan fingerprint density at radius 3 is 1.54 bits per heavy atom. The fourth-order valence-electron chi connectivity index (χ4n) is 12.1. The standard InChI is InChI=1S/C58H57N/c1-5-12-48-38-45(6-2)52-17-10-15-46(55(48)52)29-21-43-25-33-50(34-26-43)59(49-31-23-42(24-32-49)20-19-41-13-8-7-9-14-41)51-35-27-44(28-36-51)22-30-47-16-11-18-53-54-37-39(3)58(54)40(4)57(58)56(47)53/h7-11,13-36,39-40,45,48,54,57H,5-6,12,37-38H2,1-4H3/b20-19+,29-21+,30-22+. The van der Waals surface area contributed by atoms with Gasteiger partial charge in [-0.3, -0.25) is 0 Å². The molecule has 4 aliphatic rings. The van der Waals surface area contributed by atoms with Crippen LogP contribution in [0.2, 0.25) is 0 Å². The molecule has 7 atom stereocenters. The van der Waals surface area contributed by atoms with E-state index in [1.807, 2.05) is 0 Å². The molecule has 294 valence electrons. The molecule has 0 saturated heterocycles. The van der Waals surface area contributed by atoms with E-state index in [1.165, 1.54) is 65.5 Å². The van der Waals surface area contributed by atoms with E-state index in [2.05, 4.69) is 209 Å². The van der Waals surface area contributed by atoms with Crippen LogP contribution in [0, 0.1) is 17.3 Å². The average Bonchev–Trinajstić information content (AvgIpc) is 3.65. The Balaban J connectivity index is 0.929. The van der Waals surface area contributed by atoms with Crippen LogP contribution in [0.25, 0.3) is 36.5 Å². The van der Waals surface area contributed by atoms with Crippen LogP contribution in [0.3, 0.4) is 0 Å². The Hall–Kier alpha value is -5.66. The van der Waals surface area contributed by atoms with E-state index in [9.17, 15) is 0 Å². The molecule has 6 aromatic rings. The van der Waals surface area contributed by atoms with Crippen LogP contribution in [0.15, 0.2) is 140 Å². The third kappa shape index (κ3) is 6.55. The van der Waals surface area contributed by atoms with Crippen LogP contribution in [-0.4, -0.2) is 0 Å². The predicted octanol–water partition coefficient (Wildman–Crippen LogP) is 16.3. The summed E-state index contributed by atoms with van der Waals surface area (Å²) in [5.41, 5.74) is 18.1. The maximum absolute atomic E-state index is 2.50. The lowest BCUT2D eigenvalue weighted by molar-refractivity contribution is 0.111. The van der Waals surface area contributed by atoms with Gasteiger partial charge in [-0.05, 0) is 159 Å². The third-order valence-corrected chi connectivity index (χ3v) is 15.0. The molecule has 10 rings (SSSR count). The molecule has 4 aliphatic carbocycles. The number of benzene rings is 6. The number of hydrogen-bond donors (Lipinski definition) is 0.